The first-order chi connectivity index (χ1) is 27.9. The molecule has 1 unspecified atom stereocenters. The van der Waals surface area contributed by atoms with Crippen molar-refractivity contribution in [2.75, 3.05) is 125 Å². The molecule has 1 atom stereocenters. The summed E-state index contributed by atoms with van der Waals surface area (Å²) in [5.41, 5.74) is 0.787. The molecular formula is C40H68N4O13. The zero-order valence-corrected chi connectivity index (χ0v) is 34.4. The maximum absolute atomic E-state index is 12.9. The number of imide groups is 1. The monoisotopic (exact) mass is 812 g/mol. The van der Waals surface area contributed by atoms with E-state index in [1.54, 1.807) is 11.6 Å². The van der Waals surface area contributed by atoms with Gasteiger partial charge in [0.25, 0.3) is 0 Å². The van der Waals surface area contributed by atoms with Gasteiger partial charge in [0.1, 0.15) is 12.4 Å². The van der Waals surface area contributed by atoms with Gasteiger partial charge in [-0.05, 0) is 44.9 Å². The molecule has 57 heavy (non-hydrogen) atoms. The molecular weight excluding hydrogens is 744 g/mol. The van der Waals surface area contributed by atoms with Crippen molar-refractivity contribution < 1.29 is 61.8 Å². The Labute approximate surface area is 338 Å². The quantitative estimate of drug-likeness (QED) is 0.0705. The molecule has 2 amide bonds. The number of hydrogen-bond donors (Lipinski definition) is 0. The van der Waals surface area contributed by atoms with E-state index >= 15 is 0 Å². The number of carbonyl (C=O) groups excluding carboxylic acids is 4. The molecule has 17 heteroatoms. The first-order valence-electron chi connectivity index (χ1n) is 20.8. The third kappa shape index (κ3) is 22.3. The van der Waals surface area contributed by atoms with Crippen LogP contribution in [0.25, 0.3) is 0 Å². The smallest absolute Gasteiger partial charge is 0.232 e. The van der Waals surface area contributed by atoms with E-state index in [1.165, 1.54) is 4.90 Å². The third-order valence-electron chi connectivity index (χ3n) is 9.71. The molecule has 1 saturated heterocycles. The summed E-state index contributed by atoms with van der Waals surface area (Å²) in [7, 11) is 0. The molecule has 1 aliphatic heterocycles. The number of carbonyl (C=O) groups is 4. The second-order valence-corrected chi connectivity index (χ2v) is 14.3. The predicted molar refractivity (Wildman–Crippen MR) is 207 cm³/mol. The van der Waals surface area contributed by atoms with Gasteiger partial charge in [-0.2, -0.15) is 0 Å². The van der Waals surface area contributed by atoms with Gasteiger partial charge in [-0.15, -0.1) is 5.10 Å². The molecule has 1 saturated carbocycles. The van der Waals surface area contributed by atoms with Gasteiger partial charge in [0, 0.05) is 63.5 Å². The number of Topliss-reactive ketones (excluding diaryl/α,β-unsaturated/α-hetero) is 2. The van der Waals surface area contributed by atoms with Crippen molar-refractivity contribution in [3.8, 4) is 0 Å². The van der Waals surface area contributed by atoms with Crippen molar-refractivity contribution in [3.05, 3.63) is 11.9 Å². The first-order valence-corrected chi connectivity index (χ1v) is 20.8. The lowest BCUT2D eigenvalue weighted by Gasteiger charge is -2.30. The van der Waals surface area contributed by atoms with E-state index < -0.39 is 0 Å². The van der Waals surface area contributed by atoms with E-state index in [0.717, 1.165) is 31.4 Å². The summed E-state index contributed by atoms with van der Waals surface area (Å²) in [6.07, 6.45) is 7.68. The number of likely N-dealkylation sites (tertiary alicyclic amines) is 1. The minimum Gasteiger partial charge on any atom is -0.379 e. The lowest BCUT2D eigenvalue weighted by Crippen LogP contribution is -2.36. The molecule has 3 rings (SSSR count). The maximum atomic E-state index is 12.9. The van der Waals surface area contributed by atoms with E-state index in [-0.39, 0.29) is 47.7 Å². The van der Waals surface area contributed by atoms with Gasteiger partial charge in [0.2, 0.25) is 11.8 Å². The summed E-state index contributed by atoms with van der Waals surface area (Å²) in [4.78, 5) is 50.1. The number of ketones is 2. The molecule has 0 radical (unpaired) electrons. The average Bonchev–Trinajstić information content (AvgIpc) is 3.77. The van der Waals surface area contributed by atoms with Gasteiger partial charge in [-0.25, -0.2) is 4.68 Å². The highest BCUT2D eigenvalue weighted by molar-refractivity contribution is 6.03. The molecule has 0 bridgehead atoms. The maximum Gasteiger partial charge on any atom is 0.232 e. The second-order valence-electron chi connectivity index (χ2n) is 14.3. The fourth-order valence-electron chi connectivity index (χ4n) is 6.44. The largest absolute Gasteiger partial charge is 0.379 e. The van der Waals surface area contributed by atoms with Crippen LogP contribution in [0.3, 0.4) is 0 Å². The van der Waals surface area contributed by atoms with Gasteiger partial charge in [-0.3, -0.25) is 24.1 Å². The average molecular weight is 813 g/mol. The third-order valence-corrected chi connectivity index (χ3v) is 9.71. The minimum atomic E-state index is -0.210. The molecule has 2 heterocycles. The number of nitrogens with zero attached hydrogens (tertiary/aromatic N) is 4. The Morgan fingerprint density at radius 2 is 1.19 bits per heavy atom. The van der Waals surface area contributed by atoms with Gasteiger partial charge in [0.05, 0.1) is 111 Å². The highest BCUT2D eigenvalue weighted by Gasteiger charge is 2.37. The van der Waals surface area contributed by atoms with Crippen molar-refractivity contribution in [3.63, 3.8) is 0 Å². The van der Waals surface area contributed by atoms with Gasteiger partial charge >= 0.3 is 0 Å². The number of rotatable bonds is 37. The van der Waals surface area contributed by atoms with E-state index in [2.05, 4.69) is 10.3 Å². The molecule has 2 fully saturated rings. The molecule has 2 aliphatic rings. The van der Waals surface area contributed by atoms with Crippen LogP contribution in [0.2, 0.25) is 0 Å². The number of ether oxygens (including phenoxy) is 9. The lowest BCUT2D eigenvalue weighted by molar-refractivity contribution is -0.140. The van der Waals surface area contributed by atoms with E-state index in [9.17, 15) is 19.2 Å². The summed E-state index contributed by atoms with van der Waals surface area (Å²) in [6, 6.07) is 0. The second kappa shape index (κ2) is 31.2. The van der Waals surface area contributed by atoms with Gasteiger partial charge < -0.3 is 42.6 Å². The van der Waals surface area contributed by atoms with E-state index in [4.69, 9.17) is 42.6 Å². The van der Waals surface area contributed by atoms with Crippen LogP contribution in [-0.2, 0) is 74.8 Å². The van der Waals surface area contributed by atoms with Crippen LogP contribution in [0.1, 0.15) is 70.9 Å². The molecule has 17 nitrogen and oxygen atoms in total. The van der Waals surface area contributed by atoms with Crippen LogP contribution >= 0.6 is 0 Å². The van der Waals surface area contributed by atoms with Gasteiger partial charge in [-0.1, -0.05) is 12.1 Å². The lowest BCUT2D eigenvalue weighted by atomic mass is 9.79. The normalized spacial score (nSPS) is 18.6. The number of aromatic nitrogens is 3. The summed E-state index contributed by atoms with van der Waals surface area (Å²) < 4.78 is 50.9. The number of aryl methyl sites for hydroxylation is 1. The number of amides is 2. The highest BCUT2D eigenvalue weighted by atomic mass is 16.6. The van der Waals surface area contributed by atoms with Crippen LogP contribution < -0.4 is 0 Å². The Balaban J connectivity index is 0.998. The Bertz CT molecular complexity index is 1240. The molecule has 1 aliphatic carbocycles. The molecule has 0 aromatic carbocycles. The summed E-state index contributed by atoms with van der Waals surface area (Å²) in [5, 5.41) is 8.36. The Kier molecular flexibility index (Phi) is 26.6. The standard InChI is InChI=1S/C40H68N4O13/c1-3-49-32-37(45)5-4-13-50-15-17-52-19-21-54-23-25-56-27-28-57-26-24-55-22-20-53-18-16-51-14-12-43-31-36(41-42-43)10-11-38(46)35-8-6-34(7-9-35)30-44-39(47)29-33(2)40(44)48/h31,33-35H,3-30,32H2,1-2H3. The predicted octanol–water partition coefficient (Wildman–Crippen LogP) is 2.50. The summed E-state index contributed by atoms with van der Waals surface area (Å²) in [5.74, 6) is 0.343. The molecule has 326 valence electrons. The van der Waals surface area contributed by atoms with E-state index in [0.29, 0.717) is 158 Å². The van der Waals surface area contributed by atoms with Crippen LogP contribution in [-0.4, -0.2) is 169 Å². The zero-order valence-electron chi connectivity index (χ0n) is 34.4. The minimum absolute atomic E-state index is 0.0372. The van der Waals surface area contributed by atoms with Crippen molar-refractivity contribution in [2.45, 2.75) is 78.2 Å². The van der Waals surface area contributed by atoms with Crippen LogP contribution in [0.4, 0.5) is 0 Å². The first kappa shape index (κ1) is 48.6. The van der Waals surface area contributed by atoms with Crippen molar-refractivity contribution in [1.29, 1.82) is 0 Å². The van der Waals surface area contributed by atoms with E-state index in [1.807, 2.05) is 13.1 Å². The molecule has 0 spiro atoms. The van der Waals surface area contributed by atoms with Crippen molar-refractivity contribution in [1.82, 2.24) is 19.9 Å². The Hall–Kier alpha value is -2.74. The fraction of sp³-hybridized carbons (Fsp3) is 0.850. The van der Waals surface area contributed by atoms with Crippen molar-refractivity contribution in [2.24, 2.45) is 17.8 Å². The zero-order chi connectivity index (χ0) is 40.8. The van der Waals surface area contributed by atoms with Crippen LogP contribution in [0.5, 0.6) is 0 Å². The summed E-state index contributed by atoms with van der Waals surface area (Å²) >= 11 is 0. The molecule has 1 aromatic rings. The highest BCUT2D eigenvalue weighted by Crippen LogP contribution is 2.32. The molecule has 0 N–H and O–H groups in total. The van der Waals surface area contributed by atoms with Crippen LogP contribution in [0, 0.1) is 17.8 Å². The topological polar surface area (TPSA) is 185 Å². The fourth-order valence-corrected chi connectivity index (χ4v) is 6.44. The summed E-state index contributed by atoms with van der Waals surface area (Å²) in [6.45, 7) is 13.2. The van der Waals surface area contributed by atoms with Crippen molar-refractivity contribution >= 4 is 23.4 Å². The Morgan fingerprint density at radius 1 is 0.684 bits per heavy atom. The van der Waals surface area contributed by atoms with Crippen LogP contribution in [0.15, 0.2) is 6.20 Å². The SMILES string of the molecule is CCOCC(=O)CCCOCCOCCOCCOCCOCCOCCOCCOCCn1cc(CCC(=O)C2CCC(CN3C(=O)CC(C)C3=O)CC2)nn1. The van der Waals surface area contributed by atoms with Gasteiger partial charge in [0.15, 0.2) is 5.78 Å². The Morgan fingerprint density at radius 3 is 1.68 bits per heavy atom. The molecule has 1 aromatic heterocycles. The number of hydrogen-bond acceptors (Lipinski definition) is 15.